The molecule has 1 aliphatic rings. The predicted octanol–water partition coefficient (Wildman–Crippen LogP) is -2.08. The topological polar surface area (TPSA) is 74.5 Å². The summed E-state index contributed by atoms with van der Waals surface area (Å²) in [6.45, 7) is 1.50. The molecular weight excluding hydrogens is 130 g/mol. The van der Waals surface area contributed by atoms with Gasteiger partial charge in [0, 0.05) is 0 Å². The normalized spacial score (nSPS) is 33.7. The van der Waals surface area contributed by atoms with Crippen molar-refractivity contribution in [3.8, 4) is 0 Å². The molecule has 0 aromatic carbocycles. The Morgan fingerprint density at radius 3 is 2.80 bits per heavy atom. The second kappa shape index (κ2) is 2.98. The molecule has 1 saturated heterocycles. The fourth-order valence-corrected chi connectivity index (χ4v) is 1.28. The maximum absolute atomic E-state index is 9.16. The number of quaternary nitrogens is 1. The van der Waals surface area contributed by atoms with Gasteiger partial charge in [-0.3, -0.25) is 4.90 Å². The van der Waals surface area contributed by atoms with Crippen LogP contribution in [0.5, 0.6) is 0 Å². The van der Waals surface area contributed by atoms with Gasteiger partial charge in [0.05, 0.1) is 6.54 Å². The molecule has 1 aliphatic heterocycles. The Morgan fingerprint density at radius 1 is 1.70 bits per heavy atom. The molecule has 2 atom stereocenters. The van der Waals surface area contributed by atoms with Gasteiger partial charge in [-0.1, -0.05) is 0 Å². The minimum atomic E-state index is -0.257. The highest BCUT2D eigenvalue weighted by Gasteiger charge is 2.22. The number of guanidine groups is 1. The molecule has 4 heteroatoms. The first-order valence-electron chi connectivity index (χ1n) is 3.57. The molecule has 0 aliphatic carbocycles. The smallest absolute Gasteiger partial charge is 0.290 e. The minimum Gasteiger partial charge on any atom is -0.387 e. The second-order valence-electron chi connectivity index (χ2n) is 2.77. The van der Waals surface area contributed by atoms with Gasteiger partial charge in [0.15, 0.2) is 0 Å². The lowest BCUT2D eigenvalue weighted by Crippen LogP contribution is -3.17. The van der Waals surface area contributed by atoms with Crippen molar-refractivity contribution in [3.05, 3.63) is 0 Å². The van der Waals surface area contributed by atoms with E-state index in [1.807, 2.05) is 0 Å². The van der Waals surface area contributed by atoms with Crippen molar-refractivity contribution in [2.75, 3.05) is 13.1 Å². The third kappa shape index (κ3) is 1.68. The third-order valence-electron chi connectivity index (χ3n) is 1.88. The number of piperidine rings is 1. The lowest BCUT2D eigenvalue weighted by atomic mass is 10.1. The van der Waals surface area contributed by atoms with Crippen molar-refractivity contribution in [3.63, 3.8) is 0 Å². The molecule has 0 bridgehead atoms. The number of aliphatic hydroxyl groups is 1. The van der Waals surface area contributed by atoms with Gasteiger partial charge < -0.3 is 10.8 Å². The molecule has 0 aromatic heterocycles. The highest BCUT2D eigenvalue weighted by molar-refractivity contribution is 5.64. The zero-order valence-electron chi connectivity index (χ0n) is 5.93. The van der Waals surface area contributed by atoms with E-state index in [4.69, 9.17) is 16.2 Å². The van der Waals surface area contributed by atoms with E-state index in [0.29, 0.717) is 6.54 Å². The van der Waals surface area contributed by atoms with E-state index in [1.165, 1.54) is 0 Å². The van der Waals surface area contributed by atoms with Crippen LogP contribution in [-0.2, 0) is 0 Å². The SMILES string of the molecule is N=C(N)[NH+]1CCCC(O)C1. The van der Waals surface area contributed by atoms with Gasteiger partial charge >= 0.3 is 0 Å². The summed E-state index contributed by atoms with van der Waals surface area (Å²) in [7, 11) is 0. The Hall–Kier alpha value is -0.610. The first kappa shape index (κ1) is 7.50. The molecule has 1 fully saturated rings. The van der Waals surface area contributed by atoms with Crippen LogP contribution in [-0.4, -0.2) is 30.3 Å². The fourth-order valence-electron chi connectivity index (χ4n) is 1.28. The quantitative estimate of drug-likeness (QED) is 0.233. The highest BCUT2D eigenvalue weighted by atomic mass is 16.3. The monoisotopic (exact) mass is 144 g/mol. The lowest BCUT2D eigenvalue weighted by molar-refractivity contribution is -0.818. The first-order valence-corrected chi connectivity index (χ1v) is 3.57. The second-order valence-corrected chi connectivity index (χ2v) is 2.77. The van der Waals surface area contributed by atoms with Crippen LogP contribution in [0.4, 0.5) is 0 Å². The van der Waals surface area contributed by atoms with Crippen LogP contribution in [0.15, 0.2) is 0 Å². The van der Waals surface area contributed by atoms with Crippen LogP contribution in [0.25, 0.3) is 0 Å². The van der Waals surface area contributed by atoms with Crippen LogP contribution in [0.3, 0.4) is 0 Å². The Morgan fingerprint density at radius 2 is 2.40 bits per heavy atom. The van der Waals surface area contributed by atoms with Gasteiger partial charge in [-0.15, -0.1) is 0 Å². The van der Waals surface area contributed by atoms with Crippen LogP contribution in [0, 0.1) is 5.41 Å². The summed E-state index contributed by atoms with van der Waals surface area (Å²) in [5.74, 6) is 0.152. The molecule has 0 spiro atoms. The summed E-state index contributed by atoms with van der Waals surface area (Å²) in [5.41, 5.74) is 5.26. The largest absolute Gasteiger partial charge is 0.387 e. The van der Waals surface area contributed by atoms with Crippen molar-refractivity contribution in [2.45, 2.75) is 18.9 Å². The molecule has 2 unspecified atom stereocenters. The van der Waals surface area contributed by atoms with Crippen LogP contribution in [0.2, 0.25) is 0 Å². The molecular formula is C6H14N3O+. The first-order chi connectivity index (χ1) is 4.70. The van der Waals surface area contributed by atoms with E-state index in [9.17, 15) is 0 Å². The summed E-state index contributed by atoms with van der Waals surface area (Å²) in [6.07, 6.45) is 1.57. The summed E-state index contributed by atoms with van der Waals surface area (Å²) < 4.78 is 0. The molecule has 1 heterocycles. The van der Waals surface area contributed by atoms with Crippen molar-refractivity contribution < 1.29 is 10.0 Å². The Balaban J connectivity index is 2.39. The van der Waals surface area contributed by atoms with Gasteiger partial charge in [-0.05, 0) is 12.8 Å². The number of nitrogens with two attached hydrogens (primary N) is 1. The minimum absolute atomic E-state index is 0.152. The number of hydrogen-bond acceptors (Lipinski definition) is 2. The van der Waals surface area contributed by atoms with E-state index in [0.717, 1.165) is 24.3 Å². The Labute approximate surface area is 60.1 Å². The molecule has 0 aromatic rings. The number of likely N-dealkylation sites (tertiary alicyclic amines) is 1. The van der Waals surface area contributed by atoms with Gasteiger partial charge in [-0.2, -0.15) is 0 Å². The maximum atomic E-state index is 9.16. The lowest BCUT2D eigenvalue weighted by Gasteiger charge is -2.24. The van der Waals surface area contributed by atoms with E-state index in [1.54, 1.807) is 0 Å². The summed E-state index contributed by atoms with van der Waals surface area (Å²) >= 11 is 0. The number of hydrogen-bond donors (Lipinski definition) is 4. The average Bonchev–Trinajstić information content (AvgIpc) is 1.88. The Kier molecular flexibility index (Phi) is 2.24. The molecule has 0 saturated carbocycles. The van der Waals surface area contributed by atoms with E-state index >= 15 is 0 Å². The zero-order chi connectivity index (χ0) is 7.56. The van der Waals surface area contributed by atoms with Gasteiger partial charge in [-0.25, -0.2) is 5.41 Å². The highest BCUT2D eigenvalue weighted by Crippen LogP contribution is 1.95. The van der Waals surface area contributed by atoms with Gasteiger partial charge in [0.25, 0.3) is 5.96 Å². The zero-order valence-corrected chi connectivity index (χ0v) is 5.93. The maximum Gasteiger partial charge on any atom is 0.290 e. The van der Waals surface area contributed by atoms with Gasteiger partial charge in [0.1, 0.15) is 12.6 Å². The number of rotatable bonds is 0. The molecule has 5 N–H and O–H groups in total. The van der Waals surface area contributed by atoms with E-state index in [-0.39, 0.29) is 12.1 Å². The Bertz CT molecular complexity index is 137. The number of aliphatic hydroxyl groups excluding tert-OH is 1. The van der Waals surface area contributed by atoms with Crippen LogP contribution < -0.4 is 10.6 Å². The number of nitrogens with one attached hydrogen (secondary N) is 2. The molecule has 0 radical (unpaired) electrons. The summed E-state index contributed by atoms with van der Waals surface area (Å²) in [6, 6.07) is 0. The fraction of sp³-hybridized carbons (Fsp3) is 0.833. The summed E-state index contributed by atoms with van der Waals surface area (Å²) in [5, 5.41) is 16.3. The molecule has 4 nitrogen and oxygen atoms in total. The molecule has 58 valence electrons. The summed E-state index contributed by atoms with van der Waals surface area (Å²) in [4.78, 5) is 0.916. The van der Waals surface area contributed by atoms with Crippen LogP contribution in [0.1, 0.15) is 12.8 Å². The van der Waals surface area contributed by atoms with Crippen molar-refractivity contribution in [2.24, 2.45) is 5.73 Å². The van der Waals surface area contributed by atoms with Crippen LogP contribution >= 0.6 is 0 Å². The van der Waals surface area contributed by atoms with E-state index in [2.05, 4.69) is 0 Å². The molecule has 10 heavy (non-hydrogen) atoms. The molecule has 1 rings (SSSR count). The van der Waals surface area contributed by atoms with Crippen molar-refractivity contribution >= 4 is 5.96 Å². The van der Waals surface area contributed by atoms with Crippen molar-refractivity contribution in [1.82, 2.24) is 0 Å². The van der Waals surface area contributed by atoms with Gasteiger partial charge in [0.2, 0.25) is 0 Å². The predicted molar refractivity (Wildman–Crippen MR) is 37.9 cm³/mol. The third-order valence-corrected chi connectivity index (χ3v) is 1.88. The van der Waals surface area contributed by atoms with E-state index < -0.39 is 0 Å². The van der Waals surface area contributed by atoms with Crippen molar-refractivity contribution in [1.29, 1.82) is 5.41 Å². The standard InChI is InChI=1S/C6H13N3O/c7-6(8)9-3-1-2-5(10)4-9/h5,10H,1-4H2,(H3,7,8)/p+1. The average molecular weight is 144 g/mol. The molecule has 0 amide bonds.